The number of benzene rings is 2. The molecule has 0 bridgehead atoms. The standard InChI is InChI=1S/C20H22Cl2N2O3S2/c1-28-18-10-9-14(13-15(18)20(25)24-11-4-2-3-5-12-24)29(26,27)23-17-8-6-7-16(21)19(17)22/h6-10,13,23H,2-5,11-12H2,1H3. The second kappa shape index (κ2) is 9.60. The minimum atomic E-state index is -3.94. The summed E-state index contributed by atoms with van der Waals surface area (Å²) >= 11 is 13.5. The quantitative estimate of drug-likeness (QED) is 0.580. The fraction of sp³-hybridized carbons (Fsp3) is 0.350. The van der Waals surface area contributed by atoms with Gasteiger partial charge in [0.1, 0.15) is 0 Å². The molecular formula is C20H22Cl2N2O3S2. The van der Waals surface area contributed by atoms with Crippen LogP contribution in [-0.4, -0.2) is 38.6 Å². The Morgan fingerprint density at radius 2 is 1.76 bits per heavy atom. The van der Waals surface area contributed by atoms with E-state index in [0.29, 0.717) is 18.7 Å². The van der Waals surface area contributed by atoms with E-state index in [1.54, 1.807) is 18.2 Å². The highest BCUT2D eigenvalue weighted by Crippen LogP contribution is 2.32. The number of hydrogen-bond donors (Lipinski definition) is 1. The number of carbonyl (C=O) groups is 1. The first-order valence-corrected chi connectivity index (χ1v) is 12.7. The monoisotopic (exact) mass is 472 g/mol. The van der Waals surface area contributed by atoms with Crippen LogP contribution in [0.1, 0.15) is 36.0 Å². The van der Waals surface area contributed by atoms with E-state index in [-0.39, 0.29) is 26.5 Å². The Morgan fingerprint density at radius 3 is 2.41 bits per heavy atom. The summed E-state index contributed by atoms with van der Waals surface area (Å²) in [4.78, 5) is 15.7. The normalized spacial score (nSPS) is 15.1. The van der Waals surface area contributed by atoms with E-state index in [2.05, 4.69) is 4.72 Å². The lowest BCUT2D eigenvalue weighted by Crippen LogP contribution is -2.32. The van der Waals surface area contributed by atoms with E-state index in [1.165, 1.54) is 30.0 Å². The molecule has 0 aliphatic carbocycles. The molecule has 1 N–H and O–H groups in total. The largest absolute Gasteiger partial charge is 0.339 e. The van der Waals surface area contributed by atoms with Crippen molar-refractivity contribution in [3.05, 3.63) is 52.0 Å². The molecule has 0 radical (unpaired) electrons. The van der Waals surface area contributed by atoms with Crippen LogP contribution in [0.15, 0.2) is 46.2 Å². The molecular weight excluding hydrogens is 451 g/mol. The molecule has 2 aromatic carbocycles. The third-order valence-electron chi connectivity index (χ3n) is 4.80. The number of amides is 1. The number of thioether (sulfide) groups is 1. The van der Waals surface area contributed by atoms with Gasteiger partial charge >= 0.3 is 0 Å². The van der Waals surface area contributed by atoms with Gasteiger partial charge in [-0.2, -0.15) is 0 Å². The van der Waals surface area contributed by atoms with Crippen LogP contribution in [-0.2, 0) is 10.0 Å². The first-order chi connectivity index (χ1) is 13.8. The summed E-state index contributed by atoms with van der Waals surface area (Å²) in [6, 6.07) is 9.32. The van der Waals surface area contributed by atoms with E-state index in [1.807, 2.05) is 11.2 Å². The average molecular weight is 473 g/mol. The van der Waals surface area contributed by atoms with Crippen molar-refractivity contribution in [3.8, 4) is 0 Å². The summed E-state index contributed by atoms with van der Waals surface area (Å²) < 4.78 is 28.3. The molecule has 0 saturated carbocycles. The highest BCUT2D eigenvalue weighted by molar-refractivity contribution is 7.98. The van der Waals surface area contributed by atoms with Gasteiger partial charge in [0.2, 0.25) is 0 Å². The Morgan fingerprint density at radius 1 is 1.07 bits per heavy atom. The molecule has 0 atom stereocenters. The summed E-state index contributed by atoms with van der Waals surface area (Å²) in [5.74, 6) is -0.130. The van der Waals surface area contributed by atoms with Gasteiger partial charge in [0.15, 0.2) is 0 Å². The van der Waals surface area contributed by atoms with Crippen LogP contribution in [0.25, 0.3) is 0 Å². The fourth-order valence-electron chi connectivity index (χ4n) is 3.25. The summed E-state index contributed by atoms with van der Waals surface area (Å²) in [5.41, 5.74) is 0.591. The van der Waals surface area contributed by atoms with Crippen molar-refractivity contribution < 1.29 is 13.2 Å². The minimum Gasteiger partial charge on any atom is -0.339 e. The lowest BCUT2D eigenvalue weighted by molar-refractivity contribution is 0.0758. The van der Waals surface area contributed by atoms with Crippen LogP contribution < -0.4 is 4.72 Å². The first-order valence-electron chi connectivity index (χ1n) is 9.27. The van der Waals surface area contributed by atoms with Gasteiger partial charge in [0.25, 0.3) is 15.9 Å². The molecule has 156 valence electrons. The lowest BCUT2D eigenvalue weighted by Gasteiger charge is -2.22. The summed E-state index contributed by atoms with van der Waals surface area (Å²) in [7, 11) is -3.94. The maximum absolute atomic E-state index is 13.1. The smallest absolute Gasteiger partial charge is 0.261 e. The maximum Gasteiger partial charge on any atom is 0.261 e. The molecule has 5 nitrogen and oxygen atoms in total. The molecule has 1 amide bonds. The van der Waals surface area contributed by atoms with E-state index >= 15 is 0 Å². The van der Waals surface area contributed by atoms with Crippen molar-refractivity contribution >= 4 is 56.6 Å². The Bertz CT molecular complexity index is 1000. The van der Waals surface area contributed by atoms with Gasteiger partial charge in [-0.3, -0.25) is 9.52 Å². The Hall–Kier alpha value is -1.41. The minimum absolute atomic E-state index is 0.00418. The second-order valence-corrected chi connectivity index (χ2v) is 10.1. The van der Waals surface area contributed by atoms with Crippen LogP contribution in [0.2, 0.25) is 10.0 Å². The SMILES string of the molecule is CSc1ccc(S(=O)(=O)Nc2cccc(Cl)c2Cl)cc1C(=O)N1CCCCCC1. The van der Waals surface area contributed by atoms with Gasteiger partial charge in [-0.15, -0.1) is 11.8 Å². The van der Waals surface area contributed by atoms with Gasteiger partial charge in [-0.05, 0) is 49.4 Å². The third-order valence-corrected chi connectivity index (χ3v) is 7.78. The zero-order valence-electron chi connectivity index (χ0n) is 16.0. The molecule has 1 heterocycles. The summed E-state index contributed by atoms with van der Waals surface area (Å²) in [6.07, 6.45) is 6.02. The topological polar surface area (TPSA) is 66.5 Å². The number of sulfonamides is 1. The van der Waals surface area contributed by atoms with Crippen molar-refractivity contribution in [1.82, 2.24) is 4.90 Å². The predicted octanol–water partition coefficient (Wildman–Crippen LogP) is 5.53. The van der Waals surface area contributed by atoms with Gasteiger partial charge in [0, 0.05) is 18.0 Å². The molecule has 0 unspecified atom stereocenters. The van der Waals surface area contributed by atoms with Crippen molar-refractivity contribution in [1.29, 1.82) is 0 Å². The summed E-state index contributed by atoms with van der Waals surface area (Å²) in [6.45, 7) is 1.39. The van der Waals surface area contributed by atoms with Gasteiger partial charge in [0.05, 0.1) is 26.2 Å². The number of nitrogens with one attached hydrogen (secondary N) is 1. The van der Waals surface area contributed by atoms with Crippen LogP contribution >= 0.6 is 35.0 Å². The molecule has 0 aromatic heterocycles. The van der Waals surface area contributed by atoms with E-state index in [9.17, 15) is 13.2 Å². The molecule has 2 aromatic rings. The second-order valence-electron chi connectivity index (χ2n) is 6.78. The number of likely N-dealkylation sites (tertiary alicyclic amines) is 1. The molecule has 0 spiro atoms. The Balaban J connectivity index is 1.94. The fourth-order valence-corrected chi connectivity index (χ4v) is 5.32. The van der Waals surface area contributed by atoms with Gasteiger partial charge in [-0.25, -0.2) is 8.42 Å². The predicted molar refractivity (Wildman–Crippen MR) is 120 cm³/mol. The average Bonchev–Trinajstić information content (AvgIpc) is 3.00. The van der Waals surface area contributed by atoms with Crippen LogP contribution in [0, 0.1) is 0 Å². The van der Waals surface area contributed by atoms with E-state index in [0.717, 1.165) is 30.6 Å². The van der Waals surface area contributed by atoms with Crippen molar-refractivity contribution in [2.75, 3.05) is 24.1 Å². The first kappa shape index (κ1) is 22.3. The number of rotatable bonds is 5. The Labute approximate surface area is 185 Å². The molecule has 3 rings (SSSR count). The molecule has 9 heteroatoms. The van der Waals surface area contributed by atoms with Gasteiger partial charge < -0.3 is 4.90 Å². The van der Waals surface area contributed by atoms with Gasteiger partial charge in [-0.1, -0.05) is 42.1 Å². The van der Waals surface area contributed by atoms with Crippen molar-refractivity contribution in [2.24, 2.45) is 0 Å². The number of hydrogen-bond acceptors (Lipinski definition) is 4. The Kier molecular flexibility index (Phi) is 7.37. The zero-order chi connectivity index (χ0) is 21.0. The van der Waals surface area contributed by atoms with Crippen LogP contribution in [0.4, 0.5) is 5.69 Å². The highest BCUT2D eigenvalue weighted by Gasteiger charge is 2.24. The number of anilines is 1. The zero-order valence-corrected chi connectivity index (χ0v) is 19.1. The molecule has 1 aliphatic heterocycles. The third kappa shape index (κ3) is 5.20. The van der Waals surface area contributed by atoms with Crippen LogP contribution in [0.3, 0.4) is 0 Å². The number of halogens is 2. The number of carbonyl (C=O) groups excluding carboxylic acids is 1. The molecule has 1 saturated heterocycles. The van der Waals surface area contributed by atoms with Crippen molar-refractivity contribution in [2.45, 2.75) is 35.5 Å². The van der Waals surface area contributed by atoms with Crippen LogP contribution in [0.5, 0.6) is 0 Å². The molecule has 1 aliphatic rings. The van der Waals surface area contributed by atoms with E-state index < -0.39 is 10.0 Å². The lowest BCUT2D eigenvalue weighted by atomic mass is 10.2. The highest BCUT2D eigenvalue weighted by atomic mass is 35.5. The van der Waals surface area contributed by atoms with Crippen molar-refractivity contribution in [3.63, 3.8) is 0 Å². The molecule has 29 heavy (non-hydrogen) atoms. The maximum atomic E-state index is 13.1. The summed E-state index contributed by atoms with van der Waals surface area (Å²) in [5, 5.41) is 0.376. The van der Waals surface area contributed by atoms with E-state index in [4.69, 9.17) is 23.2 Å². The molecule has 1 fully saturated rings. The number of nitrogens with zero attached hydrogens (tertiary/aromatic N) is 1.